The van der Waals surface area contributed by atoms with Crippen molar-refractivity contribution in [2.45, 2.75) is 24.7 Å². The van der Waals surface area contributed by atoms with Crippen molar-refractivity contribution in [3.63, 3.8) is 0 Å². The van der Waals surface area contributed by atoms with Gasteiger partial charge in [-0.1, -0.05) is 64.5 Å². The molecule has 134 valence electrons. The lowest BCUT2D eigenvalue weighted by atomic mass is 9.73. The Balaban J connectivity index is 1.82. The molecule has 2 N–H and O–H groups in total. The first-order valence-electron chi connectivity index (χ1n) is 8.73. The predicted octanol–water partition coefficient (Wildman–Crippen LogP) is 4.66. The number of carbonyl (C=O) groups excluding carboxylic acids is 1. The van der Waals surface area contributed by atoms with Crippen molar-refractivity contribution in [3.05, 3.63) is 93.0 Å². The van der Waals surface area contributed by atoms with E-state index in [-0.39, 0.29) is 23.2 Å². The molecule has 2 aromatic carbocycles. The zero-order valence-electron chi connectivity index (χ0n) is 14.5. The van der Waals surface area contributed by atoms with E-state index in [1.54, 1.807) is 0 Å². The molecule has 0 fully saturated rings. The predicted molar refractivity (Wildman–Crippen MR) is 105 cm³/mol. The normalized spacial score (nSPS) is 22.1. The molecule has 2 aliphatic rings. The maximum atomic E-state index is 13.1. The minimum Gasteiger partial charge on any atom is -0.444 e. The Labute approximate surface area is 166 Å². The molecule has 27 heavy (non-hydrogen) atoms. The van der Waals surface area contributed by atoms with E-state index in [9.17, 15) is 10.1 Å². The van der Waals surface area contributed by atoms with E-state index >= 15 is 0 Å². The van der Waals surface area contributed by atoms with Gasteiger partial charge in [0.05, 0.1) is 5.92 Å². The number of ether oxygens (including phenoxy) is 1. The molecule has 0 radical (unpaired) electrons. The summed E-state index contributed by atoms with van der Waals surface area (Å²) in [5, 5.41) is 9.67. The first-order chi connectivity index (χ1) is 13.1. The highest BCUT2D eigenvalue weighted by molar-refractivity contribution is 9.10. The third-order valence-electron chi connectivity index (χ3n) is 5.15. The maximum absolute atomic E-state index is 13.1. The molecule has 0 spiro atoms. The Hall–Kier alpha value is -2.84. The zero-order chi connectivity index (χ0) is 19.0. The fourth-order valence-corrected chi connectivity index (χ4v) is 4.40. The number of rotatable bonds is 2. The number of hydrogen-bond donors (Lipinski definition) is 1. The molecule has 2 aromatic rings. The molecular formula is C22H17BrN2O2. The highest BCUT2D eigenvalue weighted by Gasteiger charge is 2.41. The van der Waals surface area contributed by atoms with Gasteiger partial charge in [0.1, 0.15) is 17.4 Å². The Bertz CT molecular complexity index is 1020. The molecule has 0 saturated heterocycles. The second-order valence-electron chi connectivity index (χ2n) is 6.72. The number of ketones is 1. The summed E-state index contributed by atoms with van der Waals surface area (Å²) >= 11 is 3.55. The summed E-state index contributed by atoms with van der Waals surface area (Å²) in [7, 11) is 0. The van der Waals surface area contributed by atoms with Crippen molar-refractivity contribution in [2.24, 2.45) is 5.73 Å². The molecule has 2 atom stereocenters. The van der Waals surface area contributed by atoms with Gasteiger partial charge in [0.25, 0.3) is 0 Å². The lowest BCUT2D eigenvalue weighted by molar-refractivity contribution is -0.117. The molecule has 0 aromatic heterocycles. The van der Waals surface area contributed by atoms with Crippen molar-refractivity contribution >= 4 is 21.7 Å². The molecule has 1 aliphatic heterocycles. The minimum atomic E-state index is -0.501. The smallest absolute Gasteiger partial charge is 0.205 e. The minimum absolute atomic E-state index is 0.00565. The van der Waals surface area contributed by atoms with Gasteiger partial charge in [-0.05, 0) is 23.1 Å². The quantitative estimate of drug-likeness (QED) is 0.766. The summed E-state index contributed by atoms with van der Waals surface area (Å²) in [6.45, 7) is 0. The van der Waals surface area contributed by atoms with E-state index in [1.807, 2.05) is 54.6 Å². The van der Waals surface area contributed by atoms with Crippen LogP contribution in [0, 0.1) is 11.3 Å². The molecule has 4 nitrogen and oxygen atoms in total. The standard InChI is InChI=1S/C22H17BrN2O2/c23-17-9-5-4-8-15(17)20-16(12-24)22(25)27-19-11-14(10-18(26)21(19)20)13-6-2-1-3-7-13/h1-9,14,20H,10-11,25H2. The maximum Gasteiger partial charge on any atom is 0.205 e. The fourth-order valence-electron chi connectivity index (χ4n) is 3.89. The highest BCUT2D eigenvalue weighted by Crippen LogP contribution is 2.47. The SMILES string of the molecule is N#CC1=C(N)OC2=C(C(=O)CC(c3ccccc3)C2)C1c1ccccc1Br. The Kier molecular flexibility index (Phi) is 4.59. The van der Waals surface area contributed by atoms with Crippen LogP contribution in [0.5, 0.6) is 0 Å². The second-order valence-corrected chi connectivity index (χ2v) is 7.58. The molecule has 1 heterocycles. The van der Waals surface area contributed by atoms with Crippen LogP contribution in [0.4, 0.5) is 0 Å². The van der Waals surface area contributed by atoms with E-state index in [1.165, 1.54) is 0 Å². The Morgan fingerprint density at radius 2 is 1.78 bits per heavy atom. The molecule has 5 heteroatoms. The monoisotopic (exact) mass is 420 g/mol. The van der Waals surface area contributed by atoms with E-state index < -0.39 is 5.92 Å². The Morgan fingerprint density at radius 3 is 2.48 bits per heavy atom. The number of carbonyl (C=O) groups is 1. The summed E-state index contributed by atoms with van der Waals surface area (Å²) in [5.41, 5.74) is 8.87. The first kappa shape index (κ1) is 17.6. The van der Waals surface area contributed by atoms with E-state index in [4.69, 9.17) is 10.5 Å². The summed E-state index contributed by atoms with van der Waals surface area (Å²) in [6.07, 6.45) is 0.983. The van der Waals surface area contributed by atoms with Crippen LogP contribution in [-0.4, -0.2) is 5.78 Å². The molecule has 0 saturated carbocycles. The van der Waals surface area contributed by atoms with Gasteiger partial charge in [-0.2, -0.15) is 5.26 Å². The molecule has 2 unspecified atom stereocenters. The average Bonchev–Trinajstić information content (AvgIpc) is 2.68. The van der Waals surface area contributed by atoms with Crippen molar-refractivity contribution in [1.82, 2.24) is 0 Å². The largest absolute Gasteiger partial charge is 0.444 e. The van der Waals surface area contributed by atoms with Gasteiger partial charge in [-0.15, -0.1) is 0 Å². The number of hydrogen-bond acceptors (Lipinski definition) is 4. The van der Waals surface area contributed by atoms with Crippen LogP contribution in [0.25, 0.3) is 0 Å². The van der Waals surface area contributed by atoms with Crippen LogP contribution in [0.2, 0.25) is 0 Å². The van der Waals surface area contributed by atoms with Gasteiger partial charge >= 0.3 is 0 Å². The second kappa shape index (κ2) is 7.05. The Morgan fingerprint density at radius 1 is 1.07 bits per heavy atom. The number of nitriles is 1. The molecular weight excluding hydrogens is 404 g/mol. The molecule has 0 bridgehead atoms. The summed E-state index contributed by atoms with van der Waals surface area (Å²) < 4.78 is 6.62. The molecule has 0 amide bonds. The number of nitrogens with two attached hydrogens (primary N) is 1. The van der Waals surface area contributed by atoms with Gasteiger partial charge < -0.3 is 10.5 Å². The zero-order valence-corrected chi connectivity index (χ0v) is 16.1. The first-order valence-corrected chi connectivity index (χ1v) is 9.52. The van der Waals surface area contributed by atoms with Gasteiger partial charge in [0.15, 0.2) is 5.78 Å². The van der Waals surface area contributed by atoms with Crippen molar-refractivity contribution in [3.8, 4) is 6.07 Å². The third kappa shape index (κ3) is 3.07. The fraction of sp³-hybridized carbons (Fsp3) is 0.182. The number of benzene rings is 2. The van der Waals surface area contributed by atoms with Crippen LogP contribution < -0.4 is 5.73 Å². The topological polar surface area (TPSA) is 76.1 Å². The van der Waals surface area contributed by atoms with Crippen LogP contribution in [0.15, 0.2) is 81.9 Å². The number of allylic oxidation sites excluding steroid dienone is 3. The van der Waals surface area contributed by atoms with E-state index in [2.05, 4.69) is 22.0 Å². The van der Waals surface area contributed by atoms with Gasteiger partial charge in [-0.3, -0.25) is 4.79 Å². The lowest BCUT2D eigenvalue weighted by Gasteiger charge is -2.34. The van der Waals surface area contributed by atoms with E-state index in [0.717, 1.165) is 15.6 Å². The van der Waals surface area contributed by atoms with Crippen LogP contribution in [0.3, 0.4) is 0 Å². The average molecular weight is 421 g/mol. The van der Waals surface area contributed by atoms with Crippen LogP contribution >= 0.6 is 15.9 Å². The van der Waals surface area contributed by atoms with Gasteiger partial charge in [-0.25, -0.2) is 0 Å². The van der Waals surface area contributed by atoms with E-state index in [0.29, 0.717) is 24.2 Å². The summed E-state index contributed by atoms with van der Waals surface area (Å²) in [5.74, 6) is 0.217. The summed E-state index contributed by atoms with van der Waals surface area (Å²) in [4.78, 5) is 13.1. The molecule has 1 aliphatic carbocycles. The number of Topliss-reactive ketones (excluding diaryl/α,β-unsaturated/α-hetero) is 1. The lowest BCUT2D eigenvalue weighted by Crippen LogP contribution is -2.30. The highest BCUT2D eigenvalue weighted by atomic mass is 79.9. The van der Waals surface area contributed by atoms with Gasteiger partial charge in [0.2, 0.25) is 5.88 Å². The van der Waals surface area contributed by atoms with Crippen molar-refractivity contribution in [2.75, 3.05) is 0 Å². The number of nitrogens with zero attached hydrogens (tertiary/aromatic N) is 1. The van der Waals surface area contributed by atoms with Crippen LogP contribution in [0.1, 0.15) is 35.8 Å². The number of halogens is 1. The van der Waals surface area contributed by atoms with Crippen molar-refractivity contribution < 1.29 is 9.53 Å². The van der Waals surface area contributed by atoms with Gasteiger partial charge in [0, 0.05) is 22.9 Å². The summed E-state index contributed by atoms with van der Waals surface area (Å²) in [6, 6.07) is 19.7. The third-order valence-corrected chi connectivity index (χ3v) is 5.87. The van der Waals surface area contributed by atoms with Crippen LogP contribution in [-0.2, 0) is 9.53 Å². The molecule has 4 rings (SSSR count). The van der Waals surface area contributed by atoms with Crippen molar-refractivity contribution in [1.29, 1.82) is 5.26 Å².